The van der Waals surface area contributed by atoms with Gasteiger partial charge in [-0.3, -0.25) is 9.59 Å². The molecule has 12 heteroatoms. The Balaban J connectivity index is 1.85. The van der Waals surface area contributed by atoms with Crippen LogP contribution in [-0.4, -0.2) is 30.9 Å². The number of amides is 2. The average Bonchev–Trinajstić information content (AvgIpc) is 2.67. The maximum atomic E-state index is 13.5. The van der Waals surface area contributed by atoms with E-state index in [1.807, 2.05) is 5.32 Å². The van der Waals surface area contributed by atoms with Crippen molar-refractivity contribution in [1.29, 1.82) is 0 Å². The largest absolute Gasteiger partial charge is 0.452 e. The summed E-state index contributed by atoms with van der Waals surface area (Å²) in [6.45, 7) is -1.42. The second kappa shape index (κ2) is 9.48. The lowest BCUT2D eigenvalue weighted by molar-refractivity contribution is -0.126. The van der Waals surface area contributed by atoms with Gasteiger partial charge in [-0.1, -0.05) is 23.2 Å². The highest BCUT2D eigenvalue weighted by Gasteiger charge is 2.18. The molecule has 4 N–H and O–H groups in total. The SMILES string of the molecule is Nc1c(Cl)cc(Cl)cc1C(=O)OCC(=O)NCC(=O)Nc1ccc(F)c(F)c1F. The summed E-state index contributed by atoms with van der Waals surface area (Å²) in [4.78, 5) is 35.3. The summed E-state index contributed by atoms with van der Waals surface area (Å²) in [5, 5.41) is 4.20. The molecule has 0 saturated heterocycles. The fraction of sp³-hybridized carbons (Fsp3) is 0.118. The Labute approximate surface area is 171 Å². The van der Waals surface area contributed by atoms with E-state index in [1.165, 1.54) is 12.1 Å². The summed E-state index contributed by atoms with van der Waals surface area (Å²) in [6, 6.07) is 3.96. The third-order valence-electron chi connectivity index (χ3n) is 3.40. The third kappa shape index (κ3) is 5.75. The molecular weight excluding hydrogens is 438 g/mol. The molecule has 0 aromatic heterocycles. The van der Waals surface area contributed by atoms with Crippen molar-refractivity contribution in [3.63, 3.8) is 0 Å². The van der Waals surface area contributed by atoms with Crippen LogP contribution in [-0.2, 0) is 14.3 Å². The minimum Gasteiger partial charge on any atom is -0.452 e. The maximum Gasteiger partial charge on any atom is 0.340 e. The first-order valence-electron chi connectivity index (χ1n) is 7.71. The second-order valence-corrected chi connectivity index (χ2v) is 6.32. The third-order valence-corrected chi connectivity index (χ3v) is 3.93. The zero-order valence-electron chi connectivity index (χ0n) is 14.3. The number of esters is 1. The molecule has 154 valence electrons. The van der Waals surface area contributed by atoms with E-state index in [-0.39, 0.29) is 21.3 Å². The number of carbonyl (C=O) groups is 3. The van der Waals surface area contributed by atoms with Crippen LogP contribution in [0.2, 0.25) is 10.0 Å². The van der Waals surface area contributed by atoms with E-state index in [4.69, 9.17) is 33.7 Å². The molecule has 29 heavy (non-hydrogen) atoms. The first-order chi connectivity index (χ1) is 13.6. The highest BCUT2D eigenvalue weighted by Crippen LogP contribution is 2.28. The number of nitrogens with two attached hydrogens (primary N) is 1. The number of hydrogen-bond acceptors (Lipinski definition) is 5. The van der Waals surface area contributed by atoms with Crippen LogP contribution in [0.4, 0.5) is 24.5 Å². The predicted octanol–water partition coefficient (Wildman–Crippen LogP) is 2.90. The van der Waals surface area contributed by atoms with Gasteiger partial charge in [0.1, 0.15) is 0 Å². The molecule has 7 nitrogen and oxygen atoms in total. The van der Waals surface area contributed by atoms with Crippen LogP contribution in [0.1, 0.15) is 10.4 Å². The Morgan fingerprint density at radius 2 is 1.72 bits per heavy atom. The second-order valence-electron chi connectivity index (χ2n) is 5.47. The summed E-state index contributed by atoms with van der Waals surface area (Å²) < 4.78 is 44.2. The van der Waals surface area contributed by atoms with Gasteiger partial charge in [-0.15, -0.1) is 0 Å². The van der Waals surface area contributed by atoms with Crippen LogP contribution in [0, 0.1) is 17.5 Å². The zero-order chi connectivity index (χ0) is 21.7. The molecule has 2 amide bonds. The molecule has 2 aromatic carbocycles. The minimum atomic E-state index is -1.75. The molecule has 0 aliphatic heterocycles. The van der Waals surface area contributed by atoms with Crippen LogP contribution in [0.5, 0.6) is 0 Å². The molecule has 0 saturated carbocycles. The van der Waals surface area contributed by atoms with Crippen molar-refractivity contribution >= 4 is 52.4 Å². The molecular formula is C17H12Cl2F3N3O4. The van der Waals surface area contributed by atoms with E-state index in [0.717, 1.165) is 6.07 Å². The van der Waals surface area contributed by atoms with Gasteiger partial charge < -0.3 is 21.1 Å². The van der Waals surface area contributed by atoms with Crippen LogP contribution in [0.25, 0.3) is 0 Å². The molecule has 0 atom stereocenters. The lowest BCUT2D eigenvalue weighted by Crippen LogP contribution is -2.35. The van der Waals surface area contributed by atoms with Gasteiger partial charge in [-0.2, -0.15) is 0 Å². The highest BCUT2D eigenvalue weighted by atomic mass is 35.5. The molecule has 0 aliphatic carbocycles. The summed E-state index contributed by atoms with van der Waals surface area (Å²) in [6.07, 6.45) is 0. The van der Waals surface area contributed by atoms with Gasteiger partial charge in [0.15, 0.2) is 24.1 Å². The molecule has 0 fully saturated rings. The van der Waals surface area contributed by atoms with E-state index < -0.39 is 54.1 Å². The summed E-state index contributed by atoms with van der Waals surface area (Å²) >= 11 is 11.6. The lowest BCUT2D eigenvalue weighted by Gasteiger charge is -2.10. The number of nitrogen functional groups attached to an aromatic ring is 1. The summed E-state index contributed by atoms with van der Waals surface area (Å²) in [7, 11) is 0. The number of carbonyl (C=O) groups excluding carboxylic acids is 3. The van der Waals surface area contributed by atoms with Gasteiger partial charge in [0.05, 0.1) is 28.5 Å². The van der Waals surface area contributed by atoms with Crippen molar-refractivity contribution in [1.82, 2.24) is 5.32 Å². The van der Waals surface area contributed by atoms with Crippen molar-refractivity contribution in [2.24, 2.45) is 0 Å². The Morgan fingerprint density at radius 1 is 1.03 bits per heavy atom. The number of hydrogen-bond donors (Lipinski definition) is 3. The number of anilines is 2. The normalized spacial score (nSPS) is 10.4. The van der Waals surface area contributed by atoms with E-state index in [1.54, 1.807) is 0 Å². The fourth-order valence-corrected chi connectivity index (χ4v) is 2.50. The van der Waals surface area contributed by atoms with E-state index in [0.29, 0.717) is 6.07 Å². The summed E-state index contributed by atoms with van der Waals surface area (Å²) in [5.41, 5.74) is 4.79. The van der Waals surface area contributed by atoms with Gasteiger partial charge in [0, 0.05) is 5.02 Å². The van der Waals surface area contributed by atoms with Crippen LogP contribution in [0.3, 0.4) is 0 Å². The Bertz CT molecular complexity index is 989. The lowest BCUT2D eigenvalue weighted by atomic mass is 10.2. The zero-order valence-corrected chi connectivity index (χ0v) is 15.8. The van der Waals surface area contributed by atoms with Crippen LogP contribution < -0.4 is 16.4 Å². The fourth-order valence-electron chi connectivity index (χ4n) is 2.01. The topological polar surface area (TPSA) is 111 Å². The number of nitrogens with one attached hydrogen (secondary N) is 2. The number of ether oxygens (including phenoxy) is 1. The molecule has 0 spiro atoms. The van der Waals surface area contributed by atoms with Gasteiger partial charge >= 0.3 is 5.97 Å². The highest BCUT2D eigenvalue weighted by molar-refractivity contribution is 6.37. The van der Waals surface area contributed by atoms with Gasteiger partial charge in [0.25, 0.3) is 5.91 Å². The van der Waals surface area contributed by atoms with Gasteiger partial charge in [0.2, 0.25) is 5.91 Å². The Kier molecular flexibility index (Phi) is 7.29. The molecule has 0 bridgehead atoms. The van der Waals surface area contributed by atoms with Gasteiger partial charge in [-0.25, -0.2) is 18.0 Å². The smallest absolute Gasteiger partial charge is 0.340 e. The monoisotopic (exact) mass is 449 g/mol. The quantitative estimate of drug-likeness (QED) is 0.356. The van der Waals surface area contributed by atoms with E-state index in [2.05, 4.69) is 5.32 Å². The van der Waals surface area contributed by atoms with Crippen molar-refractivity contribution in [2.45, 2.75) is 0 Å². The van der Waals surface area contributed by atoms with Crippen molar-refractivity contribution in [3.05, 3.63) is 57.3 Å². The molecule has 2 rings (SSSR count). The van der Waals surface area contributed by atoms with E-state index in [9.17, 15) is 27.6 Å². The standard InChI is InChI=1S/C17H12Cl2F3N3O4/c18-7-3-8(16(23)9(19)4-7)17(28)29-6-13(27)24-5-12(26)25-11-2-1-10(20)14(21)15(11)22/h1-4H,5-6,23H2,(H,24,27)(H,25,26). The first kappa shape index (κ1) is 22.3. The summed E-state index contributed by atoms with van der Waals surface area (Å²) in [5.74, 6) is -7.53. The minimum absolute atomic E-state index is 0.0232. The molecule has 0 radical (unpaired) electrons. The van der Waals surface area contributed by atoms with Crippen LogP contribution >= 0.6 is 23.2 Å². The van der Waals surface area contributed by atoms with E-state index >= 15 is 0 Å². The number of benzene rings is 2. The van der Waals surface area contributed by atoms with Crippen molar-refractivity contribution in [2.75, 3.05) is 24.2 Å². The number of rotatable bonds is 6. The van der Waals surface area contributed by atoms with Gasteiger partial charge in [-0.05, 0) is 24.3 Å². The maximum absolute atomic E-state index is 13.5. The van der Waals surface area contributed by atoms with Crippen molar-refractivity contribution < 1.29 is 32.3 Å². The van der Waals surface area contributed by atoms with Crippen LogP contribution in [0.15, 0.2) is 24.3 Å². The predicted molar refractivity (Wildman–Crippen MR) is 99.1 cm³/mol. The Morgan fingerprint density at radius 3 is 2.41 bits per heavy atom. The molecule has 0 unspecified atom stereocenters. The average molecular weight is 450 g/mol. The molecule has 0 aliphatic rings. The Hall–Kier alpha value is -2.98. The number of halogens is 5. The molecule has 2 aromatic rings. The van der Waals surface area contributed by atoms with Crippen molar-refractivity contribution in [3.8, 4) is 0 Å². The molecule has 0 heterocycles. The first-order valence-corrected chi connectivity index (χ1v) is 8.47.